The fourth-order valence-electron chi connectivity index (χ4n) is 3.03. The molecule has 0 unspecified atom stereocenters. The molecule has 28 heavy (non-hydrogen) atoms. The number of benzene rings is 1. The maximum Gasteiger partial charge on any atom is 0.264 e. The van der Waals surface area contributed by atoms with Gasteiger partial charge in [0.2, 0.25) is 5.91 Å². The lowest BCUT2D eigenvalue weighted by Crippen LogP contribution is -2.33. The number of carbonyl (C=O) groups excluding carboxylic acids is 2. The Kier molecular flexibility index (Phi) is 6.70. The highest BCUT2D eigenvalue weighted by Gasteiger charge is 2.29. The zero-order chi connectivity index (χ0) is 20.1. The van der Waals surface area contributed by atoms with E-state index < -0.39 is 0 Å². The molecule has 0 radical (unpaired) electrons. The van der Waals surface area contributed by atoms with Crippen molar-refractivity contribution in [2.75, 3.05) is 44.6 Å². The predicted molar refractivity (Wildman–Crippen MR) is 113 cm³/mol. The highest BCUT2D eigenvalue weighted by Crippen LogP contribution is 2.31. The number of rotatable bonds is 9. The molecule has 1 aromatic carbocycles. The molecular weight excluding hydrogens is 374 g/mol. The summed E-state index contributed by atoms with van der Waals surface area (Å²) < 4.78 is 5.21. The minimum atomic E-state index is -0.0100. The van der Waals surface area contributed by atoms with Gasteiger partial charge in [0.1, 0.15) is 0 Å². The number of methoxy groups -OCH3 is 1. The second-order valence-electron chi connectivity index (χ2n) is 7.20. The van der Waals surface area contributed by atoms with Gasteiger partial charge >= 0.3 is 0 Å². The van der Waals surface area contributed by atoms with E-state index in [1.165, 1.54) is 11.3 Å². The smallest absolute Gasteiger partial charge is 0.264 e. The highest BCUT2D eigenvalue weighted by atomic mass is 32.1. The summed E-state index contributed by atoms with van der Waals surface area (Å²) in [6, 6.07) is 9.59. The van der Waals surface area contributed by atoms with Crippen molar-refractivity contribution in [3.8, 4) is 0 Å². The summed E-state index contributed by atoms with van der Waals surface area (Å²) in [5.41, 5.74) is 2.78. The van der Waals surface area contributed by atoms with E-state index in [0.29, 0.717) is 24.6 Å². The average Bonchev–Trinajstić information content (AvgIpc) is 3.39. The fraction of sp³-hybridized carbons (Fsp3) is 0.429. The molecule has 2 amide bonds. The normalized spacial score (nSPS) is 13.2. The Morgan fingerprint density at radius 3 is 2.64 bits per heavy atom. The van der Waals surface area contributed by atoms with Crippen LogP contribution >= 0.6 is 11.3 Å². The highest BCUT2D eigenvalue weighted by molar-refractivity contribution is 7.12. The zero-order valence-electron chi connectivity index (χ0n) is 16.6. The first-order valence-corrected chi connectivity index (χ1v) is 10.3. The van der Waals surface area contributed by atoms with Gasteiger partial charge in [-0.2, -0.15) is 0 Å². The van der Waals surface area contributed by atoms with Crippen molar-refractivity contribution in [3.05, 3.63) is 46.2 Å². The molecule has 0 atom stereocenters. The second kappa shape index (κ2) is 9.21. The number of hydrogen-bond acceptors (Lipinski definition) is 5. The number of nitrogens with zero attached hydrogens (tertiary/aromatic N) is 2. The summed E-state index contributed by atoms with van der Waals surface area (Å²) >= 11 is 1.44. The van der Waals surface area contributed by atoms with Crippen LogP contribution in [0.15, 0.2) is 35.7 Å². The van der Waals surface area contributed by atoms with Crippen LogP contribution in [0.25, 0.3) is 0 Å². The van der Waals surface area contributed by atoms with E-state index in [-0.39, 0.29) is 17.7 Å². The molecule has 7 heteroatoms. The van der Waals surface area contributed by atoms with Crippen LogP contribution in [0.2, 0.25) is 0 Å². The second-order valence-corrected chi connectivity index (χ2v) is 8.15. The topological polar surface area (TPSA) is 61.9 Å². The Morgan fingerprint density at radius 2 is 2.04 bits per heavy atom. The standard InChI is InChI=1S/C21H27N3O3S/c1-23(2)18-9-8-17(22-20(25)15-6-7-15)13-16(18)14-24(10-11-27-3)21(26)19-5-4-12-28-19/h4-5,8-9,12-13,15H,6-7,10-11,14H2,1-3H3,(H,22,25). The largest absolute Gasteiger partial charge is 0.383 e. The van der Waals surface area contributed by atoms with E-state index in [1.807, 2.05) is 54.7 Å². The van der Waals surface area contributed by atoms with Crippen LogP contribution in [0.5, 0.6) is 0 Å². The SMILES string of the molecule is COCCN(Cc1cc(NC(=O)C2CC2)ccc1N(C)C)C(=O)c1cccs1. The number of amides is 2. The average molecular weight is 402 g/mol. The molecule has 150 valence electrons. The van der Waals surface area contributed by atoms with Crippen LogP contribution < -0.4 is 10.2 Å². The maximum atomic E-state index is 13.0. The van der Waals surface area contributed by atoms with Crippen molar-refractivity contribution in [1.29, 1.82) is 0 Å². The van der Waals surface area contributed by atoms with E-state index in [2.05, 4.69) is 5.32 Å². The van der Waals surface area contributed by atoms with Gasteiger partial charge in [-0.15, -0.1) is 11.3 Å². The lowest BCUT2D eigenvalue weighted by Gasteiger charge is -2.26. The van der Waals surface area contributed by atoms with E-state index in [9.17, 15) is 9.59 Å². The van der Waals surface area contributed by atoms with Crippen molar-refractivity contribution in [2.45, 2.75) is 19.4 Å². The lowest BCUT2D eigenvalue weighted by molar-refractivity contribution is -0.117. The summed E-state index contributed by atoms with van der Waals surface area (Å²) in [4.78, 5) is 29.6. The summed E-state index contributed by atoms with van der Waals surface area (Å²) in [5, 5.41) is 4.90. The van der Waals surface area contributed by atoms with Crippen LogP contribution in [0.4, 0.5) is 11.4 Å². The Labute approximate surface area is 170 Å². The molecule has 1 N–H and O–H groups in total. The number of nitrogens with one attached hydrogen (secondary N) is 1. The van der Waals surface area contributed by atoms with E-state index >= 15 is 0 Å². The molecular formula is C21H27N3O3S. The first-order valence-electron chi connectivity index (χ1n) is 9.42. The molecule has 1 heterocycles. The van der Waals surface area contributed by atoms with Gasteiger partial charge in [0.05, 0.1) is 11.5 Å². The Bertz CT molecular complexity index is 816. The lowest BCUT2D eigenvalue weighted by atomic mass is 10.1. The summed E-state index contributed by atoms with van der Waals surface area (Å²) in [6.07, 6.45) is 1.93. The zero-order valence-corrected chi connectivity index (χ0v) is 17.4. The monoisotopic (exact) mass is 401 g/mol. The van der Waals surface area contributed by atoms with Crippen LogP contribution in [-0.4, -0.2) is 51.1 Å². The van der Waals surface area contributed by atoms with Crippen molar-refractivity contribution < 1.29 is 14.3 Å². The Morgan fingerprint density at radius 1 is 1.25 bits per heavy atom. The quantitative estimate of drug-likeness (QED) is 0.699. The van der Waals surface area contributed by atoms with Crippen LogP contribution in [0.1, 0.15) is 28.1 Å². The van der Waals surface area contributed by atoms with Gasteiger partial charge in [0.25, 0.3) is 5.91 Å². The third-order valence-electron chi connectivity index (χ3n) is 4.72. The molecule has 1 aromatic heterocycles. The number of carbonyl (C=O) groups is 2. The van der Waals surface area contributed by atoms with Crippen LogP contribution in [0.3, 0.4) is 0 Å². The van der Waals surface area contributed by atoms with E-state index in [0.717, 1.165) is 29.8 Å². The van der Waals surface area contributed by atoms with E-state index in [4.69, 9.17) is 4.74 Å². The summed E-state index contributed by atoms with van der Waals surface area (Å²) in [6.45, 7) is 1.41. The van der Waals surface area contributed by atoms with Gasteiger partial charge in [-0.1, -0.05) is 6.07 Å². The van der Waals surface area contributed by atoms with Crippen molar-refractivity contribution in [2.24, 2.45) is 5.92 Å². The summed E-state index contributed by atoms with van der Waals surface area (Å²) in [5.74, 6) is 0.217. The molecule has 2 aromatic rings. The van der Waals surface area contributed by atoms with Crippen molar-refractivity contribution in [3.63, 3.8) is 0 Å². The number of ether oxygens (including phenoxy) is 1. The maximum absolute atomic E-state index is 13.0. The molecule has 1 aliphatic rings. The van der Waals surface area contributed by atoms with Crippen molar-refractivity contribution >= 4 is 34.5 Å². The third-order valence-corrected chi connectivity index (χ3v) is 5.58. The van der Waals surface area contributed by atoms with Gasteiger partial charge in [0, 0.05) is 51.6 Å². The van der Waals surface area contributed by atoms with Gasteiger partial charge in [0.15, 0.2) is 0 Å². The van der Waals surface area contributed by atoms with Crippen LogP contribution in [-0.2, 0) is 16.1 Å². The van der Waals surface area contributed by atoms with Gasteiger partial charge in [-0.25, -0.2) is 0 Å². The molecule has 0 bridgehead atoms. The first kappa shape index (κ1) is 20.4. The number of thiophene rings is 1. The fourth-order valence-corrected chi connectivity index (χ4v) is 3.72. The summed E-state index contributed by atoms with van der Waals surface area (Å²) in [7, 11) is 5.58. The number of hydrogen-bond donors (Lipinski definition) is 1. The van der Waals surface area contributed by atoms with Crippen LogP contribution in [0, 0.1) is 5.92 Å². The van der Waals surface area contributed by atoms with E-state index in [1.54, 1.807) is 12.0 Å². The predicted octanol–water partition coefficient (Wildman–Crippen LogP) is 3.45. The molecule has 3 rings (SSSR count). The molecule has 0 saturated heterocycles. The molecule has 0 spiro atoms. The van der Waals surface area contributed by atoms with Crippen molar-refractivity contribution in [1.82, 2.24) is 4.90 Å². The Balaban J connectivity index is 1.84. The number of anilines is 2. The molecule has 6 nitrogen and oxygen atoms in total. The van der Waals surface area contributed by atoms with Gasteiger partial charge in [-0.3, -0.25) is 9.59 Å². The molecule has 1 aliphatic carbocycles. The first-order chi connectivity index (χ1) is 13.5. The molecule has 1 saturated carbocycles. The Hall–Kier alpha value is -2.38. The molecule has 0 aliphatic heterocycles. The minimum Gasteiger partial charge on any atom is -0.383 e. The minimum absolute atomic E-state index is 0.0100. The molecule has 1 fully saturated rings. The van der Waals surface area contributed by atoms with Gasteiger partial charge < -0.3 is 19.9 Å². The van der Waals surface area contributed by atoms with Gasteiger partial charge in [-0.05, 0) is 48.1 Å². The third kappa shape index (κ3) is 5.11.